The van der Waals surface area contributed by atoms with Crippen molar-refractivity contribution < 1.29 is 13.2 Å². The molecule has 3 rings (SSSR count). The van der Waals surface area contributed by atoms with Gasteiger partial charge in [0.2, 0.25) is 5.91 Å². The number of thioether (sulfide) groups is 1. The minimum absolute atomic E-state index is 0.0288. The Morgan fingerprint density at radius 2 is 1.77 bits per heavy atom. The summed E-state index contributed by atoms with van der Waals surface area (Å²) in [7, 11) is -3.77. The summed E-state index contributed by atoms with van der Waals surface area (Å²) in [6.45, 7) is 0. The van der Waals surface area contributed by atoms with Crippen LogP contribution in [-0.2, 0) is 14.8 Å². The topological polar surface area (TPSA) is 66.8 Å². The van der Waals surface area contributed by atoms with Gasteiger partial charge in [0.05, 0.1) is 10.6 Å². The zero-order chi connectivity index (χ0) is 15.6. The maximum absolute atomic E-state index is 12.4. The van der Waals surface area contributed by atoms with Crippen LogP contribution in [0.5, 0.6) is 0 Å². The monoisotopic (exact) mass is 338 g/mol. The first-order chi connectivity index (χ1) is 10.6. The molecule has 1 saturated heterocycles. The van der Waals surface area contributed by atoms with Gasteiger partial charge < -0.3 is 0 Å². The van der Waals surface area contributed by atoms with Crippen molar-refractivity contribution in [2.75, 3.05) is 5.75 Å². The fourth-order valence-electron chi connectivity index (χ4n) is 2.89. The Bertz CT molecular complexity index is 680. The first-order valence-corrected chi connectivity index (χ1v) is 9.85. The van der Waals surface area contributed by atoms with Crippen molar-refractivity contribution in [2.45, 2.75) is 43.0 Å². The molecule has 22 heavy (non-hydrogen) atoms. The largest absolute Gasteiger partial charge is 0.287 e. The Morgan fingerprint density at radius 1 is 1.09 bits per heavy atom. The number of hydrogen-bond acceptors (Lipinski definition) is 4. The molecule has 0 atom stereocenters. The molecule has 0 spiro atoms. The number of carbonyl (C=O) groups excluding carboxylic acids is 1. The predicted molar refractivity (Wildman–Crippen MR) is 87.2 cm³/mol. The summed E-state index contributed by atoms with van der Waals surface area (Å²) in [6, 6.07) is 8.23. The van der Waals surface area contributed by atoms with E-state index in [4.69, 9.17) is 0 Å². The lowest BCUT2D eigenvalue weighted by Crippen LogP contribution is -2.41. The van der Waals surface area contributed by atoms with E-state index < -0.39 is 10.0 Å². The zero-order valence-electron chi connectivity index (χ0n) is 12.1. The number of amidine groups is 1. The lowest BCUT2D eigenvalue weighted by atomic mass is 9.94. The van der Waals surface area contributed by atoms with E-state index in [-0.39, 0.29) is 22.6 Å². The molecule has 1 aromatic carbocycles. The van der Waals surface area contributed by atoms with Gasteiger partial charge in [-0.1, -0.05) is 49.2 Å². The van der Waals surface area contributed by atoms with Crippen molar-refractivity contribution in [1.29, 1.82) is 0 Å². The summed E-state index contributed by atoms with van der Waals surface area (Å²) < 4.78 is 28.7. The Morgan fingerprint density at radius 3 is 2.45 bits per heavy atom. The van der Waals surface area contributed by atoms with Gasteiger partial charge in [-0.25, -0.2) is 0 Å². The van der Waals surface area contributed by atoms with Crippen LogP contribution in [0.1, 0.15) is 32.1 Å². The molecule has 1 aliphatic heterocycles. The molecule has 0 aromatic heterocycles. The van der Waals surface area contributed by atoms with Crippen molar-refractivity contribution in [3.8, 4) is 0 Å². The number of hydrogen-bond donors (Lipinski definition) is 0. The van der Waals surface area contributed by atoms with E-state index >= 15 is 0 Å². The SMILES string of the molecule is O=C1CSC(=NS(=O)(=O)c2ccccc2)N1C1CCCCC1. The number of amides is 1. The third kappa shape index (κ3) is 3.20. The normalized spacial score (nSPS) is 22.5. The number of rotatable bonds is 3. The molecule has 1 heterocycles. The summed E-state index contributed by atoms with van der Waals surface area (Å²) in [5.74, 6) is 0.249. The minimum atomic E-state index is -3.77. The van der Waals surface area contributed by atoms with E-state index in [0.29, 0.717) is 5.17 Å². The third-order valence-corrected chi connectivity index (χ3v) is 6.31. The highest BCUT2D eigenvalue weighted by molar-refractivity contribution is 8.15. The minimum Gasteiger partial charge on any atom is -0.287 e. The molecule has 1 aromatic rings. The van der Waals surface area contributed by atoms with Crippen LogP contribution in [-0.4, -0.2) is 36.2 Å². The number of carbonyl (C=O) groups is 1. The summed E-state index contributed by atoms with van der Waals surface area (Å²) in [6.07, 6.45) is 5.20. The second-order valence-electron chi connectivity index (χ2n) is 5.51. The van der Waals surface area contributed by atoms with Crippen molar-refractivity contribution in [1.82, 2.24) is 4.90 Å². The highest BCUT2D eigenvalue weighted by Crippen LogP contribution is 2.30. The molecule has 7 heteroatoms. The molecule has 5 nitrogen and oxygen atoms in total. The third-order valence-electron chi connectivity index (χ3n) is 3.98. The van der Waals surface area contributed by atoms with E-state index in [1.165, 1.54) is 30.3 Å². The highest BCUT2D eigenvalue weighted by atomic mass is 32.2. The van der Waals surface area contributed by atoms with Gasteiger partial charge in [0.1, 0.15) is 0 Å². The quantitative estimate of drug-likeness (QED) is 0.850. The maximum Gasteiger partial charge on any atom is 0.284 e. The number of nitrogens with zero attached hydrogens (tertiary/aromatic N) is 2. The Kier molecular flexibility index (Phi) is 4.54. The standard InChI is InChI=1S/C15H18N2O3S2/c18-14-11-21-15(17(14)12-7-3-1-4-8-12)16-22(19,20)13-9-5-2-6-10-13/h2,5-6,9-10,12H,1,3-4,7-8,11H2. The summed E-state index contributed by atoms with van der Waals surface area (Å²) in [5, 5.41) is 0.334. The second-order valence-corrected chi connectivity index (χ2v) is 8.05. The zero-order valence-corrected chi connectivity index (χ0v) is 13.8. The van der Waals surface area contributed by atoms with Gasteiger partial charge in [0, 0.05) is 6.04 Å². The summed E-state index contributed by atoms with van der Waals surface area (Å²) in [4.78, 5) is 13.9. The lowest BCUT2D eigenvalue weighted by Gasteiger charge is -2.30. The Labute approximate surface area is 134 Å². The molecule has 0 unspecified atom stereocenters. The Hall–Kier alpha value is -1.34. The van der Waals surface area contributed by atoms with E-state index in [9.17, 15) is 13.2 Å². The van der Waals surface area contributed by atoms with Crippen molar-refractivity contribution >= 4 is 32.9 Å². The summed E-state index contributed by atoms with van der Waals surface area (Å²) in [5.41, 5.74) is 0. The molecule has 0 N–H and O–H groups in total. The molecule has 2 fully saturated rings. The molecule has 0 bridgehead atoms. The number of benzene rings is 1. The fourth-order valence-corrected chi connectivity index (χ4v) is 5.08. The molecule has 118 valence electrons. The van der Waals surface area contributed by atoms with Gasteiger partial charge in [0.15, 0.2) is 5.17 Å². The van der Waals surface area contributed by atoms with Crippen LogP contribution < -0.4 is 0 Å². The van der Waals surface area contributed by atoms with Crippen LogP contribution in [0.2, 0.25) is 0 Å². The van der Waals surface area contributed by atoms with Crippen LogP contribution in [0.15, 0.2) is 39.6 Å². The van der Waals surface area contributed by atoms with Gasteiger partial charge in [0.25, 0.3) is 10.0 Å². The van der Waals surface area contributed by atoms with Crippen LogP contribution in [0.3, 0.4) is 0 Å². The average Bonchev–Trinajstić information content (AvgIpc) is 2.89. The van der Waals surface area contributed by atoms with Crippen LogP contribution in [0.4, 0.5) is 0 Å². The first kappa shape index (κ1) is 15.6. The Balaban J connectivity index is 1.90. The first-order valence-electron chi connectivity index (χ1n) is 7.43. The number of sulfonamides is 1. The van der Waals surface area contributed by atoms with E-state index in [1.54, 1.807) is 23.1 Å². The molecule has 1 aliphatic carbocycles. The van der Waals surface area contributed by atoms with Gasteiger partial charge in [-0.2, -0.15) is 8.42 Å². The summed E-state index contributed by atoms with van der Waals surface area (Å²) >= 11 is 1.22. The predicted octanol–water partition coefficient (Wildman–Crippen LogP) is 2.64. The fraction of sp³-hybridized carbons (Fsp3) is 0.467. The highest BCUT2D eigenvalue weighted by Gasteiger charge is 2.36. The van der Waals surface area contributed by atoms with Gasteiger partial charge in [-0.05, 0) is 25.0 Å². The lowest BCUT2D eigenvalue weighted by molar-refractivity contribution is -0.126. The van der Waals surface area contributed by atoms with E-state index in [1.807, 2.05) is 0 Å². The van der Waals surface area contributed by atoms with E-state index in [2.05, 4.69) is 4.40 Å². The smallest absolute Gasteiger partial charge is 0.284 e. The van der Waals surface area contributed by atoms with E-state index in [0.717, 1.165) is 25.7 Å². The van der Waals surface area contributed by atoms with Gasteiger partial charge in [-0.3, -0.25) is 9.69 Å². The molecule has 1 saturated carbocycles. The van der Waals surface area contributed by atoms with Gasteiger partial charge >= 0.3 is 0 Å². The van der Waals surface area contributed by atoms with Crippen LogP contribution in [0, 0.1) is 0 Å². The molecular formula is C15H18N2O3S2. The molecule has 0 radical (unpaired) electrons. The van der Waals surface area contributed by atoms with Crippen LogP contribution >= 0.6 is 11.8 Å². The molecular weight excluding hydrogens is 320 g/mol. The molecule has 1 amide bonds. The molecule has 2 aliphatic rings. The second kappa shape index (κ2) is 6.42. The van der Waals surface area contributed by atoms with Gasteiger partial charge in [-0.15, -0.1) is 4.40 Å². The van der Waals surface area contributed by atoms with Crippen molar-refractivity contribution in [3.05, 3.63) is 30.3 Å². The van der Waals surface area contributed by atoms with Crippen molar-refractivity contribution in [3.63, 3.8) is 0 Å². The maximum atomic E-state index is 12.4. The average molecular weight is 338 g/mol. The van der Waals surface area contributed by atoms with Crippen LogP contribution in [0.25, 0.3) is 0 Å². The van der Waals surface area contributed by atoms with Crippen molar-refractivity contribution in [2.24, 2.45) is 4.40 Å².